The van der Waals surface area contributed by atoms with Crippen molar-refractivity contribution in [3.05, 3.63) is 53.6 Å². The van der Waals surface area contributed by atoms with Gasteiger partial charge in [-0.05, 0) is 55.2 Å². The van der Waals surface area contributed by atoms with E-state index in [4.69, 9.17) is 4.74 Å². The fraction of sp³-hybridized carbons (Fsp3) is 0.409. The number of anilines is 2. The van der Waals surface area contributed by atoms with Crippen molar-refractivity contribution in [2.24, 2.45) is 0 Å². The Kier molecular flexibility index (Phi) is 6.92. The third-order valence-corrected chi connectivity index (χ3v) is 6.43. The highest BCUT2D eigenvalue weighted by molar-refractivity contribution is 7.92. The topological polar surface area (TPSA) is 84.5 Å². The number of rotatable bonds is 7. The van der Waals surface area contributed by atoms with E-state index in [1.807, 2.05) is 19.1 Å². The second-order valence-electron chi connectivity index (χ2n) is 7.53. The zero-order valence-corrected chi connectivity index (χ0v) is 17.7. The quantitative estimate of drug-likeness (QED) is 0.691. The summed E-state index contributed by atoms with van der Waals surface area (Å²) >= 11 is 0. The zero-order valence-electron chi connectivity index (χ0n) is 16.9. The second-order valence-corrected chi connectivity index (χ2v) is 9.22. The van der Waals surface area contributed by atoms with E-state index in [0.717, 1.165) is 24.0 Å². The van der Waals surface area contributed by atoms with Crippen LogP contribution in [0, 0.1) is 6.92 Å². The van der Waals surface area contributed by atoms with Crippen LogP contribution in [0.4, 0.5) is 11.4 Å². The number of hydrogen-bond donors (Lipinski definition) is 2. The van der Waals surface area contributed by atoms with Crippen molar-refractivity contribution >= 4 is 27.3 Å². The fourth-order valence-electron chi connectivity index (χ4n) is 3.48. The Morgan fingerprint density at radius 1 is 1.10 bits per heavy atom. The molecule has 2 aromatic carbocycles. The van der Waals surface area contributed by atoms with Crippen LogP contribution >= 0.6 is 0 Å². The Bertz CT molecular complexity index is 967. The fourth-order valence-corrected chi connectivity index (χ4v) is 4.55. The van der Waals surface area contributed by atoms with Crippen LogP contribution in [0.2, 0.25) is 0 Å². The van der Waals surface area contributed by atoms with E-state index < -0.39 is 10.0 Å². The van der Waals surface area contributed by atoms with E-state index in [0.29, 0.717) is 24.1 Å². The smallest absolute Gasteiger partial charge is 0.261 e. The standard InChI is InChI=1S/C22H28N2O4S/c1-16-11-12-21(14-22(16)23-17(2)25)29(26,27)24-19-8-6-7-18(13-19)15-28-20-9-4-3-5-10-20/h6-8,11-14,20,24H,3-5,9-10,15H2,1-2H3,(H,23,25). The van der Waals surface area contributed by atoms with E-state index in [9.17, 15) is 13.2 Å². The molecule has 0 aromatic heterocycles. The predicted octanol–water partition coefficient (Wildman–Crippen LogP) is 4.60. The van der Waals surface area contributed by atoms with Gasteiger partial charge in [-0.25, -0.2) is 8.42 Å². The maximum Gasteiger partial charge on any atom is 0.261 e. The molecule has 0 saturated heterocycles. The Balaban J connectivity index is 1.70. The molecule has 0 unspecified atom stereocenters. The van der Waals surface area contributed by atoms with Crippen LogP contribution in [-0.2, 0) is 26.2 Å². The molecule has 0 heterocycles. The summed E-state index contributed by atoms with van der Waals surface area (Å²) in [6.07, 6.45) is 6.18. The molecule has 1 aliphatic carbocycles. The van der Waals surface area contributed by atoms with Crippen molar-refractivity contribution in [3.8, 4) is 0 Å². The first-order valence-electron chi connectivity index (χ1n) is 9.95. The van der Waals surface area contributed by atoms with E-state index in [1.165, 1.54) is 38.3 Å². The van der Waals surface area contributed by atoms with E-state index in [1.54, 1.807) is 18.2 Å². The number of hydrogen-bond acceptors (Lipinski definition) is 4. The Morgan fingerprint density at radius 2 is 1.86 bits per heavy atom. The number of sulfonamides is 1. The first kappa shape index (κ1) is 21.3. The van der Waals surface area contributed by atoms with Gasteiger partial charge in [0, 0.05) is 18.3 Å². The molecule has 1 saturated carbocycles. The second kappa shape index (κ2) is 9.41. The number of benzene rings is 2. The number of aryl methyl sites for hydroxylation is 1. The largest absolute Gasteiger partial charge is 0.374 e. The van der Waals surface area contributed by atoms with Gasteiger partial charge in [0.15, 0.2) is 0 Å². The molecule has 2 N–H and O–H groups in total. The van der Waals surface area contributed by atoms with Gasteiger partial charge in [-0.3, -0.25) is 9.52 Å². The lowest BCUT2D eigenvalue weighted by atomic mass is 9.98. The molecule has 7 heteroatoms. The Hall–Kier alpha value is -2.38. The molecule has 0 spiro atoms. The van der Waals surface area contributed by atoms with Crippen molar-refractivity contribution in [1.82, 2.24) is 0 Å². The highest BCUT2D eigenvalue weighted by Crippen LogP contribution is 2.24. The molecule has 6 nitrogen and oxygen atoms in total. The van der Waals surface area contributed by atoms with Crippen molar-refractivity contribution in [1.29, 1.82) is 0 Å². The van der Waals surface area contributed by atoms with Gasteiger partial charge < -0.3 is 10.1 Å². The molecule has 2 aromatic rings. The summed E-state index contributed by atoms with van der Waals surface area (Å²) in [5.74, 6) is -0.249. The van der Waals surface area contributed by atoms with Gasteiger partial charge in [0.05, 0.1) is 17.6 Å². The highest BCUT2D eigenvalue weighted by Gasteiger charge is 2.17. The number of carbonyl (C=O) groups is 1. The van der Waals surface area contributed by atoms with Crippen LogP contribution in [-0.4, -0.2) is 20.4 Å². The van der Waals surface area contributed by atoms with Crippen molar-refractivity contribution in [2.45, 2.75) is 63.6 Å². The summed E-state index contributed by atoms with van der Waals surface area (Å²) in [6.45, 7) is 3.67. The van der Waals surface area contributed by atoms with E-state index >= 15 is 0 Å². The summed E-state index contributed by atoms with van der Waals surface area (Å²) in [6, 6.07) is 11.9. The van der Waals surface area contributed by atoms with Crippen LogP contribution in [0.1, 0.15) is 50.2 Å². The molecule has 3 rings (SSSR count). The van der Waals surface area contributed by atoms with Gasteiger partial charge in [-0.1, -0.05) is 37.5 Å². The molecule has 0 radical (unpaired) electrons. The Morgan fingerprint density at radius 3 is 2.59 bits per heavy atom. The summed E-state index contributed by atoms with van der Waals surface area (Å²) in [5.41, 5.74) is 2.69. The maximum atomic E-state index is 12.8. The highest BCUT2D eigenvalue weighted by atomic mass is 32.2. The third-order valence-electron chi connectivity index (χ3n) is 5.05. The average molecular weight is 417 g/mol. The number of ether oxygens (including phenoxy) is 1. The van der Waals surface area contributed by atoms with Crippen LogP contribution < -0.4 is 10.0 Å². The first-order chi connectivity index (χ1) is 13.8. The molecule has 1 fully saturated rings. The van der Waals surface area contributed by atoms with Crippen molar-refractivity contribution in [3.63, 3.8) is 0 Å². The lowest BCUT2D eigenvalue weighted by molar-refractivity contribution is -0.114. The number of nitrogens with one attached hydrogen (secondary N) is 2. The number of carbonyl (C=O) groups excluding carboxylic acids is 1. The van der Waals surface area contributed by atoms with Gasteiger partial charge in [-0.2, -0.15) is 0 Å². The van der Waals surface area contributed by atoms with Gasteiger partial charge in [0.2, 0.25) is 5.91 Å². The first-order valence-corrected chi connectivity index (χ1v) is 11.4. The minimum absolute atomic E-state index is 0.0932. The minimum Gasteiger partial charge on any atom is -0.374 e. The third kappa shape index (κ3) is 6.05. The molecule has 1 amide bonds. The van der Waals surface area contributed by atoms with Gasteiger partial charge in [0.1, 0.15) is 0 Å². The maximum absolute atomic E-state index is 12.8. The molecular weight excluding hydrogens is 388 g/mol. The predicted molar refractivity (Wildman–Crippen MR) is 114 cm³/mol. The molecule has 156 valence electrons. The molecule has 1 aliphatic rings. The number of amides is 1. The summed E-state index contributed by atoms with van der Waals surface area (Å²) in [5, 5.41) is 2.66. The molecule has 0 atom stereocenters. The Labute approximate surface area is 172 Å². The minimum atomic E-state index is -3.78. The lowest BCUT2D eigenvalue weighted by Crippen LogP contribution is -2.16. The molecular formula is C22H28N2O4S. The summed E-state index contributed by atoms with van der Waals surface area (Å²) < 4.78 is 34.2. The van der Waals surface area contributed by atoms with Crippen molar-refractivity contribution in [2.75, 3.05) is 10.0 Å². The SMILES string of the molecule is CC(=O)Nc1cc(S(=O)(=O)Nc2cccc(COC3CCCCC3)c2)ccc1C. The monoisotopic (exact) mass is 416 g/mol. The average Bonchev–Trinajstić information content (AvgIpc) is 2.68. The van der Waals surface area contributed by atoms with Crippen LogP contribution in [0.5, 0.6) is 0 Å². The van der Waals surface area contributed by atoms with E-state index in [-0.39, 0.29) is 10.8 Å². The zero-order chi connectivity index (χ0) is 20.9. The molecule has 29 heavy (non-hydrogen) atoms. The van der Waals surface area contributed by atoms with Crippen molar-refractivity contribution < 1.29 is 17.9 Å². The summed E-state index contributed by atoms with van der Waals surface area (Å²) in [7, 11) is -3.78. The normalized spacial score (nSPS) is 15.1. The van der Waals surface area contributed by atoms with Gasteiger partial charge in [0.25, 0.3) is 10.0 Å². The van der Waals surface area contributed by atoms with Gasteiger partial charge in [-0.15, -0.1) is 0 Å². The van der Waals surface area contributed by atoms with Gasteiger partial charge >= 0.3 is 0 Å². The lowest BCUT2D eigenvalue weighted by Gasteiger charge is -2.22. The van der Waals surface area contributed by atoms with E-state index in [2.05, 4.69) is 10.0 Å². The van der Waals surface area contributed by atoms with Crippen LogP contribution in [0.3, 0.4) is 0 Å². The van der Waals surface area contributed by atoms with Crippen LogP contribution in [0.25, 0.3) is 0 Å². The molecule has 0 aliphatic heterocycles. The molecule has 0 bridgehead atoms. The summed E-state index contributed by atoms with van der Waals surface area (Å²) in [4.78, 5) is 11.4. The van der Waals surface area contributed by atoms with Crippen LogP contribution in [0.15, 0.2) is 47.4 Å².